The quantitative estimate of drug-likeness (QED) is 0.368. The first-order valence-electron chi connectivity index (χ1n) is 7.64. The van der Waals surface area contributed by atoms with Crippen LogP contribution in [0.2, 0.25) is 0 Å². The molecule has 0 spiro atoms. The number of benzene rings is 1. The zero-order valence-corrected chi connectivity index (χ0v) is 12.9. The molecule has 0 fully saturated rings. The number of hydrogen-bond donors (Lipinski definition) is 4. The molecule has 1 atom stereocenters. The van der Waals surface area contributed by atoms with Crippen LogP contribution in [0.5, 0.6) is 0 Å². The summed E-state index contributed by atoms with van der Waals surface area (Å²) in [5, 5.41) is 3.40. The van der Waals surface area contributed by atoms with E-state index in [-0.39, 0.29) is 11.9 Å². The van der Waals surface area contributed by atoms with Gasteiger partial charge in [-0.2, -0.15) is 0 Å². The Hall–Kier alpha value is -2.83. The van der Waals surface area contributed by atoms with E-state index in [1.54, 1.807) is 6.20 Å². The molecule has 1 aliphatic heterocycles. The summed E-state index contributed by atoms with van der Waals surface area (Å²) >= 11 is 0. The van der Waals surface area contributed by atoms with Crippen LogP contribution in [0.4, 0.5) is 11.5 Å². The molecule has 2 aromatic rings. The third kappa shape index (κ3) is 3.33. The lowest BCUT2D eigenvalue weighted by molar-refractivity contribution is 0.776. The Morgan fingerprint density at radius 1 is 1.30 bits per heavy atom. The van der Waals surface area contributed by atoms with Gasteiger partial charge in [-0.05, 0) is 24.5 Å². The molecule has 1 aromatic carbocycles. The Bertz CT molecular complexity index is 722. The van der Waals surface area contributed by atoms with Crippen molar-refractivity contribution in [3.63, 3.8) is 0 Å². The normalized spacial score (nSPS) is 15.7. The largest absolute Gasteiger partial charge is 0.384 e. The number of nitrogen functional groups attached to an aromatic ring is 1. The van der Waals surface area contributed by atoms with E-state index in [0.717, 1.165) is 30.0 Å². The van der Waals surface area contributed by atoms with E-state index < -0.39 is 0 Å². The van der Waals surface area contributed by atoms with E-state index in [9.17, 15) is 0 Å². The van der Waals surface area contributed by atoms with Gasteiger partial charge in [-0.3, -0.25) is 9.98 Å². The minimum absolute atomic E-state index is 0.103. The summed E-state index contributed by atoms with van der Waals surface area (Å²) in [5.41, 5.74) is 20.7. The smallest absolute Gasteiger partial charge is 0.185 e. The van der Waals surface area contributed by atoms with Gasteiger partial charge in [0.15, 0.2) is 5.96 Å². The molecule has 0 saturated carbocycles. The van der Waals surface area contributed by atoms with Crippen LogP contribution in [0, 0.1) is 0 Å². The van der Waals surface area contributed by atoms with Crippen molar-refractivity contribution in [3.05, 3.63) is 47.4 Å². The number of nitrogens with one attached hydrogen (secondary N) is 1. The number of hydrogen-bond acceptors (Lipinski definition) is 5. The lowest BCUT2D eigenvalue weighted by Crippen LogP contribution is -2.23. The van der Waals surface area contributed by atoms with E-state index in [0.29, 0.717) is 18.8 Å². The van der Waals surface area contributed by atoms with Gasteiger partial charge in [0, 0.05) is 24.7 Å². The van der Waals surface area contributed by atoms with Crippen molar-refractivity contribution in [1.82, 2.24) is 9.97 Å². The van der Waals surface area contributed by atoms with Gasteiger partial charge in [0.25, 0.3) is 0 Å². The lowest BCUT2D eigenvalue weighted by atomic mass is 9.98. The first-order chi connectivity index (χ1) is 11.1. The van der Waals surface area contributed by atoms with Gasteiger partial charge in [-0.1, -0.05) is 18.2 Å². The molecule has 23 heavy (non-hydrogen) atoms. The molecule has 1 aromatic heterocycles. The zero-order chi connectivity index (χ0) is 16.2. The van der Waals surface area contributed by atoms with Gasteiger partial charge in [-0.15, -0.1) is 0 Å². The highest BCUT2D eigenvalue weighted by Gasteiger charge is 2.25. The highest BCUT2D eigenvalue weighted by atomic mass is 15.0. The molecule has 3 rings (SSSR count). The van der Waals surface area contributed by atoms with Crippen molar-refractivity contribution in [1.29, 1.82) is 0 Å². The fraction of sp³-hybridized carbons (Fsp3) is 0.312. The average molecular weight is 311 g/mol. The molecular weight excluding hydrogens is 290 g/mol. The third-order valence-corrected chi connectivity index (χ3v) is 3.95. The molecule has 0 aliphatic carbocycles. The number of aliphatic imine (C=N–C) groups is 1. The molecule has 0 amide bonds. The summed E-state index contributed by atoms with van der Waals surface area (Å²) in [4.78, 5) is 13.0. The average Bonchev–Trinajstić information content (AvgIpc) is 2.97. The van der Waals surface area contributed by atoms with Crippen LogP contribution >= 0.6 is 0 Å². The van der Waals surface area contributed by atoms with E-state index in [4.69, 9.17) is 22.2 Å². The molecule has 7 heteroatoms. The maximum Gasteiger partial charge on any atom is 0.185 e. The lowest BCUT2D eigenvalue weighted by Gasteiger charge is -2.12. The van der Waals surface area contributed by atoms with Gasteiger partial charge in [-0.25, -0.2) is 4.98 Å². The van der Waals surface area contributed by atoms with E-state index in [1.807, 2.05) is 12.1 Å². The maximum atomic E-state index is 5.95. The second-order valence-electron chi connectivity index (χ2n) is 5.56. The summed E-state index contributed by atoms with van der Waals surface area (Å²) in [5.74, 6) is 0.778. The Labute approximate surface area is 135 Å². The molecule has 0 bridgehead atoms. The number of para-hydroxylation sites is 1. The Balaban J connectivity index is 1.77. The van der Waals surface area contributed by atoms with Crippen molar-refractivity contribution in [2.45, 2.75) is 18.8 Å². The van der Waals surface area contributed by atoms with Crippen molar-refractivity contribution in [3.8, 4) is 0 Å². The monoisotopic (exact) mass is 311 g/mol. The van der Waals surface area contributed by atoms with Gasteiger partial charge < -0.3 is 22.5 Å². The van der Waals surface area contributed by atoms with Crippen LogP contribution in [0.25, 0.3) is 0 Å². The van der Waals surface area contributed by atoms with Crippen LogP contribution in [0.1, 0.15) is 29.3 Å². The van der Waals surface area contributed by atoms with E-state index in [2.05, 4.69) is 27.4 Å². The molecular formula is C16H21N7. The fourth-order valence-electron chi connectivity index (χ4n) is 2.81. The standard InChI is InChI=1S/C16H21N7/c17-15-13(6-3-7-20-16(18)19)23-14(9-22-15)11-8-21-12-5-2-1-4-10(11)12/h1-2,4-5,9,11,21H,3,6-8H2,(H2,17,22)(H4,18,19,20). The first-order valence-corrected chi connectivity index (χ1v) is 7.64. The van der Waals surface area contributed by atoms with Crippen LogP contribution in [0.15, 0.2) is 35.5 Å². The SMILES string of the molecule is NC(N)=NCCCc1nc(C2CNc3ccccc32)cnc1N. The van der Waals surface area contributed by atoms with Crippen molar-refractivity contribution >= 4 is 17.5 Å². The summed E-state index contributed by atoms with van der Waals surface area (Å²) in [6.45, 7) is 1.38. The number of aryl methyl sites for hydroxylation is 1. The Morgan fingerprint density at radius 3 is 2.96 bits per heavy atom. The molecule has 7 N–H and O–H groups in total. The second-order valence-corrected chi connectivity index (χ2v) is 5.56. The maximum absolute atomic E-state index is 5.95. The molecule has 1 aliphatic rings. The molecule has 1 unspecified atom stereocenters. The predicted molar refractivity (Wildman–Crippen MR) is 92.2 cm³/mol. The highest BCUT2D eigenvalue weighted by Crippen LogP contribution is 2.35. The Morgan fingerprint density at radius 2 is 2.13 bits per heavy atom. The topological polar surface area (TPSA) is 128 Å². The number of nitrogens with two attached hydrogens (primary N) is 3. The van der Waals surface area contributed by atoms with Crippen molar-refractivity contribution < 1.29 is 0 Å². The second kappa shape index (κ2) is 6.51. The molecule has 0 saturated heterocycles. The van der Waals surface area contributed by atoms with Crippen LogP contribution < -0.4 is 22.5 Å². The summed E-state index contributed by atoms with van der Waals surface area (Å²) < 4.78 is 0. The van der Waals surface area contributed by atoms with Crippen LogP contribution in [0.3, 0.4) is 0 Å². The predicted octanol–water partition coefficient (Wildman–Crippen LogP) is 0.822. The minimum Gasteiger partial charge on any atom is -0.384 e. The summed E-state index contributed by atoms with van der Waals surface area (Å²) in [7, 11) is 0. The van der Waals surface area contributed by atoms with Gasteiger partial charge in [0.05, 0.1) is 17.6 Å². The zero-order valence-electron chi connectivity index (χ0n) is 12.9. The number of nitrogens with zero attached hydrogens (tertiary/aromatic N) is 3. The number of guanidine groups is 1. The number of fused-ring (bicyclic) bond motifs is 1. The molecule has 7 nitrogen and oxygen atoms in total. The molecule has 0 radical (unpaired) electrons. The minimum atomic E-state index is 0.103. The van der Waals surface area contributed by atoms with Crippen LogP contribution in [-0.2, 0) is 6.42 Å². The van der Waals surface area contributed by atoms with Gasteiger partial charge in [0.1, 0.15) is 5.82 Å². The molecule has 120 valence electrons. The molecule has 2 heterocycles. The van der Waals surface area contributed by atoms with E-state index in [1.165, 1.54) is 5.56 Å². The summed E-state index contributed by atoms with van der Waals surface area (Å²) in [6, 6.07) is 8.27. The van der Waals surface area contributed by atoms with Crippen molar-refractivity contribution in [2.24, 2.45) is 16.5 Å². The van der Waals surface area contributed by atoms with E-state index >= 15 is 0 Å². The third-order valence-electron chi connectivity index (χ3n) is 3.95. The van der Waals surface area contributed by atoms with Crippen LogP contribution in [-0.4, -0.2) is 29.0 Å². The summed E-state index contributed by atoms with van der Waals surface area (Å²) in [6.07, 6.45) is 3.24. The first kappa shape index (κ1) is 15.1. The van der Waals surface area contributed by atoms with Gasteiger partial charge in [0.2, 0.25) is 0 Å². The van der Waals surface area contributed by atoms with Gasteiger partial charge >= 0.3 is 0 Å². The highest BCUT2D eigenvalue weighted by molar-refractivity contribution is 5.75. The fourth-order valence-corrected chi connectivity index (χ4v) is 2.81. The number of anilines is 2. The number of rotatable bonds is 5. The van der Waals surface area contributed by atoms with Crippen molar-refractivity contribution in [2.75, 3.05) is 24.1 Å². The number of aromatic nitrogens is 2. The Kier molecular flexibility index (Phi) is 4.27.